The number of fused-ring (bicyclic) bond motifs is 2. The molecule has 3 aromatic heterocycles. The monoisotopic (exact) mass is 371 g/mol. The zero-order valence-electron chi connectivity index (χ0n) is 13.5. The summed E-state index contributed by atoms with van der Waals surface area (Å²) in [5.41, 5.74) is 2.78. The molecule has 0 saturated heterocycles. The van der Waals surface area contributed by atoms with Crippen molar-refractivity contribution in [2.75, 3.05) is 0 Å². The van der Waals surface area contributed by atoms with Gasteiger partial charge < -0.3 is 4.57 Å². The predicted molar refractivity (Wildman–Crippen MR) is 92.9 cm³/mol. The summed E-state index contributed by atoms with van der Waals surface area (Å²) in [7, 11) is 0. The Morgan fingerprint density at radius 2 is 2.00 bits per heavy atom. The number of rotatable bonds is 2. The van der Waals surface area contributed by atoms with Gasteiger partial charge in [-0.3, -0.25) is 0 Å². The highest BCUT2D eigenvalue weighted by Gasteiger charge is 2.26. The lowest BCUT2D eigenvalue weighted by molar-refractivity contribution is 0.603. The summed E-state index contributed by atoms with van der Waals surface area (Å²) in [5, 5.41) is 3.91. The van der Waals surface area contributed by atoms with Crippen molar-refractivity contribution >= 4 is 17.2 Å². The van der Waals surface area contributed by atoms with E-state index in [1.54, 1.807) is 4.52 Å². The van der Waals surface area contributed by atoms with Gasteiger partial charge in [0.1, 0.15) is 23.8 Å². The Kier molecular flexibility index (Phi) is 3.33. The third-order valence-electron chi connectivity index (χ3n) is 4.64. The quantitative estimate of drug-likeness (QED) is 0.498. The van der Waals surface area contributed by atoms with Crippen molar-refractivity contribution in [1.29, 1.82) is 0 Å². The molecule has 26 heavy (non-hydrogen) atoms. The number of benzene rings is 1. The number of hydrogen-bond donors (Lipinski definition) is 0. The van der Waals surface area contributed by atoms with E-state index in [1.165, 1.54) is 6.33 Å². The second-order valence-corrected chi connectivity index (χ2v) is 6.61. The zero-order valence-corrected chi connectivity index (χ0v) is 14.2. The van der Waals surface area contributed by atoms with Crippen LogP contribution in [0.2, 0.25) is 5.02 Å². The second-order valence-electron chi connectivity index (χ2n) is 6.21. The fourth-order valence-corrected chi connectivity index (χ4v) is 3.62. The minimum atomic E-state index is -0.672. The third kappa shape index (κ3) is 2.24. The van der Waals surface area contributed by atoms with E-state index in [0.717, 1.165) is 48.6 Å². The molecule has 4 aromatic rings. The van der Waals surface area contributed by atoms with Crippen LogP contribution >= 0.6 is 11.6 Å². The van der Waals surface area contributed by atoms with Crippen molar-refractivity contribution in [3.05, 3.63) is 59.3 Å². The Balaban J connectivity index is 1.78. The Bertz CT molecular complexity index is 1160. The second kappa shape index (κ2) is 5.60. The van der Waals surface area contributed by atoms with Gasteiger partial charge in [-0.1, -0.05) is 11.6 Å². The fraction of sp³-hybridized carbons (Fsp3) is 0.167. The van der Waals surface area contributed by atoms with E-state index in [1.807, 2.05) is 18.3 Å². The fourth-order valence-electron chi connectivity index (χ4n) is 3.47. The summed E-state index contributed by atoms with van der Waals surface area (Å²) in [4.78, 5) is 8.74. The lowest BCUT2D eigenvalue weighted by Gasteiger charge is -2.10. The largest absolute Gasteiger partial charge is 0.327 e. The molecule has 0 saturated carbocycles. The number of aromatic nitrogens is 5. The molecule has 0 amide bonds. The van der Waals surface area contributed by atoms with E-state index in [0.29, 0.717) is 11.3 Å². The Hall–Kier alpha value is -2.80. The average molecular weight is 372 g/mol. The molecule has 4 heterocycles. The van der Waals surface area contributed by atoms with Crippen molar-refractivity contribution in [2.24, 2.45) is 0 Å². The Morgan fingerprint density at radius 3 is 2.88 bits per heavy atom. The van der Waals surface area contributed by atoms with Gasteiger partial charge in [-0.25, -0.2) is 23.3 Å². The average Bonchev–Trinajstić information content (AvgIpc) is 3.32. The number of pyridine rings is 1. The Labute approximate surface area is 151 Å². The van der Waals surface area contributed by atoms with E-state index < -0.39 is 11.6 Å². The number of imidazole rings is 1. The molecule has 0 fully saturated rings. The maximum absolute atomic E-state index is 14.6. The lowest BCUT2D eigenvalue weighted by atomic mass is 10.0. The smallest absolute Gasteiger partial charge is 0.155 e. The standard InChI is InChI=1S/C18H12ClF2N5/c19-12-7-13(20)11(6-14(12)21)17-18(25-5-1-2-16(25)24-17)10-3-4-15-22-9-23-26(15)8-10/h3-4,6-9H,1-2,5H2. The van der Waals surface area contributed by atoms with Crippen LogP contribution in [-0.4, -0.2) is 24.1 Å². The minimum Gasteiger partial charge on any atom is -0.327 e. The molecule has 0 spiro atoms. The number of hydrogen-bond acceptors (Lipinski definition) is 3. The van der Waals surface area contributed by atoms with Crippen LogP contribution in [0.3, 0.4) is 0 Å². The van der Waals surface area contributed by atoms with Crippen LogP contribution in [0.4, 0.5) is 8.78 Å². The number of halogens is 3. The first-order valence-electron chi connectivity index (χ1n) is 8.16. The van der Waals surface area contributed by atoms with Gasteiger partial charge >= 0.3 is 0 Å². The van der Waals surface area contributed by atoms with Crippen LogP contribution in [0, 0.1) is 11.6 Å². The van der Waals surface area contributed by atoms with E-state index in [2.05, 4.69) is 19.6 Å². The Morgan fingerprint density at radius 1 is 1.12 bits per heavy atom. The summed E-state index contributed by atoms with van der Waals surface area (Å²) < 4.78 is 32.2. The van der Waals surface area contributed by atoms with Crippen LogP contribution in [0.5, 0.6) is 0 Å². The van der Waals surface area contributed by atoms with Crippen molar-refractivity contribution in [2.45, 2.75) is 19.4 Å². The van der Waals surface area contributed by atoms with E-state index in [4.69, 9.17) is 11.6 Å². The first kappa shape index (κ1) is 15.5. The maximum Gasteiger partial charge on any atom is 0.155 e. The number of aryl methyl sites for hydroxylation is 1. The number of nitrogens with zero attached hydrogens (tertiary/aromatic N) is 5. The van der Waals surface area contributed by atoms with Gasteiger partial charge in [0, 0.05) is 30.3 Å². The first-order chi connectivity index (χ1) is 12.6. The van der Waals surface area contributed by atoms with Gasteiger partial charge in [-0.05, 0) is 30.7 Å². The summed E-state index contributed by atoms with van der Waals surface area (Å²) in [5.74, 6) is -0.409. The molecule has 0 bridgehead atoms. The summed E-state index contributed by atoms with van der Waals surface area (Å²) in [6.07, 6.45) is 5.06. The molecular weight excluding hydrogens is 360 g/mol. The van der Waals surface area contributed by atoms with Gasteiger partial charge in [0.15, 0.2) is 5.65 Å². The summed E-state index contributed by atoms with van der Waals surface area (Å²) in [6.45, 7) is 0.782. The molecule has 8 heteroatoms. The third-order valence-corrected chi connectivity index (χ3v) is 4.93. The van der Waals surface area contributed by atoms with Gasteiger partial charge in [0.25, 0.3) is 0 Å². The van der Waals surface area contributed by atoms with E-state index >= 15 is 0 Å². The van der Waals surface area contributed by atoms with Crippen molar-refractivity contribution in [3.8, 4) is 22.5 Å². The van der Waals surface area contributed by atoms with Gasteiger partial charge in [-0.15, -0.1) is 0 Å². The molecule has 1 aromatic carbocycles. The lowest BCUT2D eigenvalue weighted by Crippen LogP contribution is -1.99. The van der Waals surface area contributed by atoms with Crippen LogP contribution in [0.15, 0.2) is 36.8 Å². The van der Waals surface area contributed by atoms with Crippen molar-refractivity contribution in [1.82, 2.24) is 24.1 Å². The maximum atomic E-state index is 14.6. The van der Waals surface area contributed by atoms with Crippen LogP contribution in [0.25, 0.3) is 28.2 Å². The molecule has 0 N–H and O–H groups in total. The van der Waals surface area contributed by atoms with E-state index in [9.17, 15) is 8.78 Å². The molecule has 0 atom stereocenters. The predicted octanol–water partition coefficient (Wildman–Crippen LogP) is 4.14. The molecule has 5 rings (SSSR count). The molecule has 0 radical (unpaired) electrons. The topological polar surface area (TPSA) is 48.0 Å². The van der Waals surface area contributed by atoms with Crippen molar-refractivity contribution < 1.29 is 8.78 Å². The molecule has 0 aliphatic carbocycles. The molecule has 0 unspecified atom stereocenters. The van der Waals surface area contributed by atoms with Crippen LogP contribution in [-0.2, 0) is 13.0 Å². The first-order valence-corrected chi connectivity index (χ1v) is 8.53. The SMILES string of the molecule is Fc1cc(-c2nc3n(c2-c2ccc4ncnn4c2)CCC3)c(F)cc1Cl. The van der Waals surface area contributed by atoms with Gasteiger partial charge in [0.2, 0.25) is 0 Å². The molecule has 1 aliphatic heterocycles. The van der Waals surface area contributed by atoms with Gasteiger partial charge in [-0.2, -0.15) is 5.10 Å². The van der Waals surface area contributed by atoms with Gasteiger partial charge in [0.05, 0.1) is 16.4 Å². The van der Waals surface area contributed by atoms with Crippen molar-refractivity contribution in [3.63, 3.8) is 0 Å². The highest BCUT2D eigenvalue weighted by Crippen LogP contribution is 2.37. The minimum absolute atomic E-state index is 0.0995. The highest BCUT2D eigenvalue weighted by molar-refractivity contribution is 6.30. The molecule has 1 aliphatic rings. The molecule has 5 nitrogen and oxygen atoms in total. The molecular formula is C18H12ClF2N5. The summed E-state index contributed by atoms with van der Waals surface area (Å²) in [6, 6.07) is 5.81. The highest BCUT2D eigenvalue weighted by atomic mass is 35.5. The van der Waals surface area contributed by atoms with E-state index in [-0.39, 0.29) is 10.6 Å². The normalized spacial score (nSPS) is 13.5. The van der Waals surface area contributed by atoms with Crippen LogP contribution in [0.1, 0.15) is 12.2 Å². The molecule has 130 valence electrons. The van der Waals surface area contributed by atoms with Crippen LogP contribution < -0.4 is 0 Å². The summed E-state index contributed by atoms with van der Waals surface area (Å²) >= 11 is 5.70. The zero-order chi connectivity index (χ0) is 17.8.